The fourth-order valence-electron chi connectivity index (χ4n) is 2.91. The van der Waals surface area contributed by atoms with Gasteiger partial charge in [0.05, 0.1) is 28.1 Å². The number of rotatable bonds is 4. The van der Waals surface area contributed by atoms with Crippen molar-refractivity contribution < 1.29 is 14.3 Å². The number of anilines is 1. The van der Waals surface area contributed by atoms with Gasteiger partial charge in [-0.3, -0.25) is 9.59 Å². The van der Waals surface area contributed by atoms with Crippen molar-refractivity contribution in [3.63, 3.8) is 0 Å². The Balaban J connectivity index is 1.94. The SMILES string of the molecule is CCOC(=O)C1Cc2sc(N)c(C(=O)c3ccccc3Cl)c2C1. The Bertz CT molecular complexity index is 784. The molecule has 0 saturated carbocycles. The van der Waals surface area contributed by atoms with Gasteiger partial charge in [-0.15, -0.1) is 11.3 Å². The first-order valence-corrected chi connectivity index (χ1v) is 8.58. The number of halogens is 1. The van der Waals surface area contributed by atoms with Crippen LogP contribution in [-0.2, 0) is 22.4 Å². The van der Waals surface area contributed by atoms with Crippen LogP contribution in [0.1, 0.15) is 33.3 Å². The van der Waals surface area contributed by atoms with E-state index < -0.39 is 0 Å². The van der Waals surface area contributed by atoms with E-state index in [-0.39, 0.29) is 17.7 Å². The average Bonchev–Trinajstić information content (AvgIpc) is 3.04. The van der Waals surface area contributed by atoms with Crippen LogP contribution in [0.3, 0.4) is 0 Å². The molecule has 1 atom stereocenters. The summed E-state index contributed by atoms with van der Waals surface area (Å²) in [5.74, 6) is -0.629. The number of fused-ring (bicyclic) bond motifs is 1. The van der Waals surface area contributed by atoms with Crippen molar-refractivity contribution in [3.8, 4) is 0 Å². The zero-order chi connectivity index (χ0) is 16.6. The second-order valence-electron chi connectivity index (χ2n) is 5.41. The number of nitrogen functional groups attached to an aromatic ring is 1. The molecule has 0 fully saturated rings. The Morgan fingerprint density at radius 2 is 2.09 bits per heavy atom. The van der Waals surface area contributed by atoms with Gasteiger partial charge in [-0.05, 0) is 37.5 Å². The summed E-state index contributed by atoms with van der Waals surface area (Å²) in [6.07, 6.45) is 1.08. The smallest absolute Gasteiger partial charge is 0.309 e. The van der Waals surface area contributed by atoms with Crippen LogP contribution in [0.4, 0.5) is 5.00 Å². The van der Waals surface area contributed by atoms with Crippen LogP contribution < -0.4 is 5.73 Å². The molecule has 1 unspecified atom stereocenters. The zero-order valence-electron chi connectivity index (χ0n) is 12.6. The lowest BCUT2D eigenvalue weighted by Gasteiger charge is -2.09. The first-order valence-electron chi connectivity index (χ1n) is 7.38. The van der Waals surface area contributed by atoms with Crippen molar-refractivity contribution in [1.82, 2.24) is 0 Å². The number of benzene rings is 1. The van der Waals surface area contributed by atoms with Gasteiger partial charge >= 0.3 is 5.97 Å². The number of hydrogen-bond donors (Lipinski definition) is 1. The number of ether oxygens (including phenoxy) is 1. The molecule has 3 rings (SSSR count). The molecule has 0 spiro atoms. The molecule has 4 nitrogen and oxygen atoms in total. The summed E-state index contributed by atoms with van der Waals surface area (Å²) in [6, 6.07) is 6.91. The fourth-order valence-corrected chi connectivity index (χ4v) is 4.31. The molecule has 1 aromatic heterocycles. The molecule has 0 radical (unpaired) electrons. The van der Waals surface area contributed by atoms with Gasteiger partial charge in [0.15, 0.2) is 5.78 Å². The molecular weight excluding hydrogens is 334 g/mol. The summed E-state index contributed by atoms with van der Waals surface area (Å²) in [4.78, 5) is 25.8. The molecule has 0 saturated heterocycles. The van der Waals surface area contributed by atoms with E-state index in [0.29, 0.717) is 40.6 Å². The largest absolute Gasteiger partial charge is 0.466 e. The summed E-state index contributed by atoms with van der Waals surface area (Å²) in [7, 11) is 0. The van der Waals surface area contributed by atoms with Gasteiger partial charge in [0.2, 0.25) is 0 Å². The van der Waals surface area contributed by atoms with Crippen molar-refractivity contribution in [3.05, 3.63) is 50.9 Å². The maximum Gasteiger partial charge on any atom is 0.309 e. The maximum atomic E-state index is 12.8. The molecule has 1 heterocycles. The quantitative estimate of drug-likeness (QED) is 0.677. The second kappa shape index (κ2) is 6.34. The van der Waals surface area contributed by atoms with Crippen LogP contribution >= 0.6 is 22.9 Å². The molecule has 120 valence electrons. The molecule has 0 aliphatic heterocycles. The molecular formula is C17H16ClNO3S. The van der Waals surface area contributed by atoms with Crippen LogP contribution in [0.15, 0.2) is 24.3 Å². The number of carbonyl (C=O) groups excluding carboxylic acids is 2. The lowest BCUT2D eigenvalue weighted by atomic mass is 9.99. The highest BCUT2D eigenvalue weighted by molar-refractivity contribution is 7.16. The minimum absolute atomic E-state index is 0.185. The van der Waals surface area contributed by atoms with Crippen molar-refractivity contribution in [2.24, 2.45) is 5.92 Å². The third kappa shape index (κ3) is 2.86. The zero-order valence-corrected chi connectivity index (χ0v) is 14.2. The molecule has 0 bridgehead atoms. The minimum Gasteiger partial charge on any atom is -0.466 e. The normalized spacial score (nSPS) is 16.2. The summed E-state index contributed by atoms with van der Waals surface area (Å²) in [6.45, 7) is 2.14. The first kappa shape index (κ1) is 16.0. The third-order valence-corrected chi connectivity index (χ3v) is 5.38. The highest BCUT2D eigenvalue weighted by Crippen LogP contribution is 2.41. The first-order chi connectivity index (χ1) is 11.0. The Hall–Kier alpha value is -1.85. The number of ketones is 1. The lowest BCUT2D eigenvalue weighted by Crippen LogP contribution is -2.18. The van der Waals surface area contributed by atoms with Crippen LogP contribution in [0.25, 0.3) is 0 Å². The van der Waals surface area contributed by atoms with Gasteiger partial charge in [-0.2, -0.15) is 0 Å². The topological polar surface area (TPSA) is 69.4 Å². The van der Waals surface area contributed by atoms with Gasteiger partial charge in [0.25, 0.3) is 0 Å². The molecule has 1 aliphatic rings. The summed E-state index contributed by atoms with van der Waals surface area (Å²) < 4.78 is 5.09. The molecule has 2 aromatic rings. The predicted molar refractivity (Wildman–Crippen MR) is 91.1 cm³/mol. The third-order valence-electron chi connectivity index (χ3n) is 3.97. The Morgan fingerprint density at radius 1 is 1.35 bits per heavy atom. The summed E-state index contributed by atoms with van der Waals surface area (Å²) >= 11 is 7.50. The van der Waals surface area contributed by atoms with Crippen molar-refractivity contribution in [2.45, 2.75) is 19.8 Å². The van der Waals surface area contributed by atoms with E-state index >= 15 is 0 Å². The fraction of sp³-hybridized carbons (Fsp3) is 0.294. The van der Waals surface area contributed by atoms with Gasteiger partial charge in [0.1, 0.15) is 0 Å². The van der Waals surface area contributed by atoms with Crippen molar-refractivity contribution in [1.29, 1.82) is 0 Å². The Labute approximate surface area is 143 Å². The van der Waals surface area contributed by atoms with Crippen LogP contribution in [0.5, 0.6) is 0 Å². The lowest BCUT2D eigenvalue weighted by molar-refractivity contribution is -0.147. The molecule has 1 aromatic carbocycles. The number of hydrogen-bond acceptors (Lipinski definition) is 5. The van der Waals surface area contributed by atoms with Gasteiger partial charge < -0.3 is 10.5 Å². The Kier molecular flexibility index (Phi) is 4.41. The van der Waals surface area contributed by atoms with E-state index in [1.54, 1.807) is 31.2 Å². The second-order valence-corrected chi connectivity index (χ2v) is 6.95. The number of thiophene rings is 1. The maximum absolute atomic E-state index is 12.8. The molecule has 0 amide bonds. The van der Waals surface area contributed by atoms with Crippen LogP contribution in [0.2, 0.25) is 5.02 Å². The van der Waals surface area contributed by atoms with Gasteiger partial charge in [-0.1, -0.05) is 23.7 Å². The highest BCUT2D eigenvalue weighted by Gasteiger charge is 2.35. The number of carbonyl (C=O) groups is 2. The molecule has 6 heteroatoms. The van der Waals surface area contributed by atoms with Gasteiger partial charge in [0, 0.05) is 10.4 Å². The predicted octanol–water partition coefficient (Wildman–Crippen LogP) is 3.49. The van der Waals surface area contributed by atoms with E-state index in [4.69, 9.17) is 22.1 Å². The molecule has 2 N–H and O–H groups in total. The highest BCUT2D eigenvalue weighted by atomic mass is 35.5. The van der Waals surface area contributed by atoms with E-state index in [1.807, 2.05) is 0 Å². The van der Waals surface area contributed by atoms with Crippen LogP contribution in [-0.4, -0.2) is 18.4 Å². The standard InChI is InChI=1S/C17H16ClNO3S/c1-2-22-17(21)9-7-11-13(8-9)23-16(19)14(11)15(20)10-5-3-4-6-12(10)18/h3-6,9H,2,7-8,19H2,1H3. The monoisotopic (exact) mass is 349 g/mol. The van der Waals surface area contributed by atoms with E-state index in [1.165, 1.54) is 11.3 Å². The molecule has 23 heavy (non-hydrogen) atoms. The van der Waals surface area contributed by atoms with Crippen LogP contribution in [0, 0.1) is 5.92 Å². The number of nitrogens with two attached hydrogens (primary N) is 1. The van der Waals surface area contributed by atoms with E-state index in [2.05, 4.69) is 0 Å². The summed E-state index contributed by atoms with van der Waals surface area (Å²) in [5, 5.41) is 0.888. The Morgan fingerprint density at radius 3 is 2.78 bits per heavy atom. The average molecular weight is 350 g/mol. The minimum atomic E-state index is -0.227. The van der Waals surface area contributed by atoms with Crippen molar-refractivity contribution in [2.75, 3.05) is 12.3 Å². The number of esters is 1. The van der Waals surface area contributed by atoms with E-state index in [9.17, 15) is 9.59 Å². The van der Waals surface area contributed by atoms with Gasteiger partial charge in [-0.25, -0.2) is 0 Å². The molecule has 1 aliphatic carbocycles. The van der Waals surface area contributed by atoms with Crippen molar-refractivity contribution >= 4 is 39.7 Å². The summed E-state index contributed by atoms with van der Waals surface area (Å²) in [5.41, 5.74) is 7.85. The van der Waals surface area contributed by atoms with E-state index in [0.717, 1.165) is 10.4 Å².